The molecule has 0 amide bonds. The lowest BCUT2D eigenvalue weighted by atomic mass is 10.2. The molecule has 0 saturated carbocycles. The molecule has 5 nitrogen and oxygen atoms in total. The Morgan fingerprint density at radius 1 is 1.00 bits per heavy atom. The highest BCUT2D eigenvalue weighted by Crippen LogP contribution is 2.24. The fourth-order valence-corrected chi connectivity index (χ4v) is 2.13. The van der Waals surface area contributed by atoms with Crippen LogP contribution in [-0.4, -0.2) is 26.8 Å². The Kier molecular flexibility index (Phi) is 6.29. The summed E-state index contributed by atoms with van der Waals surface area (Å²) in [5.74, 6) is 1.44. The first-order valence-corrected chi connectivity index (χ1v) is 7.66. The molecule has 2 aromatic rings. The van der Waals surface area contributed by atoms with Crippen LogP contribution in [0.1, 0.15) is 5.56 Å². The fourth-order valence-electron chi connectivity index (χ4n) is 1.87. The van der Waals surface area contributed by atoms with E-state index in [0.29, 0.717) is 17.2 Å². The zero-order valence-corrected chi connectivity index (χ0v) is 14.5. The van der Waals surface area contributed by atoms with Crippen LogP contribution in [0.3, 0.4) is 0 Å². The van der Waals surface area contributed by atoms with Crippen molar-refractivity contribution in [2.45, 2.75) is 6.61 Å². The van der Waals surface area contributed by atoms with E-state index in [9.17, 15) is 4.79 Å². The molecular weight excluding hydrogens is 364 g/mol. The van der Waals surface area contributed by atoms with Crippen molar-refractivity contribution in [2.24, 2.45) is 0 Å². The third kappa shape index (κ3) is 5.17. The summed E-state index contributed by atoms with van der Waals surface area (Å²) in [5, 5.41) is 0. The molecule has 0 aliphatic carbocycles. The zero-order chi connectivity index (χ0) is 16.7. The molecule has 0 bridgehead atoms. The number of methoxy groups -OCH3 is 2. The summed E-state index contributed by atoms with van der Waals surface area (Å²) in [5.41, 5.74) is 0.726. The lowest BCUT2D eigenvalue weighted by Crippen LogP contribution is -2.15. The van der Waals surface area contributed by atoms with Crippen LogP contribution in [0.5, 0.6) is 17.2 Å². The van der Waals surface area contributed by atoms with Gasteiger partial charge < -0.3 is 18.9 Å². The average molecular weight is 381 g/mol. The number of carbonyl (C=O) groups excluding carboxylic acids is 1. The Balaban J connectivity index is 1.87. The largest absolute Gasteiger partial charge is 0.497 e. The molecule has 0 saturated heterocycles. The van der Waals surface area contributed by atoms with Gasteiger partial charge in [-0.05, 0) is 42.5 Å². The first-order chi connectivity index (χ1) is 11.1. The molecule has 23 heavy (non-hydrogen) atoms. The van der Waals surface area contributed by atoms with Crippen molar-refractivity contribution in [1.29, 1.82) is 0 Å². The first-order valence-electron chi connectivity index (χ1n) is 6.87. The minimum atomic E-state index is -0.460. The normalized spacial score (nSPS) is 10.0. The minimum Gasteiger partial charge on any atom is -0.497 e. The first kappa shape index (κ1) is 17.1. The number of halogens is 1. The molecule has 0 atom stereocenters. The second kappa shape index (κ2) is 8.43. The van der Waals surface area contributed by atoms with Gasteiger partial charge in [-0.1, -0.05) is 15.9 Å². The second-order valence-electron chi connectivity index (χ2n) is 4.58. The van der Waals surface area contributed by atoms with Gasteiger partial charge in [0.25, 0.3) is 0 Å². The smallest absolute Gasteiger partial charge is 0.344 e. The van der Waals surface area contributed by atoms with Crippen LogP contribution in [0.4, 0.5) is 0 Å². The summed E-state index contributed by atoms with van der Waals surface area (Å²) in [6, 6.07) is 12.5. The highest BCUT2D eigenvalue weighted by molar-refractivity contribution is 9.10. The molecule has 122 valence electrons. The summed E-state index contributed by atoms with van der Waals surface area (Å²) >= 11 is 3.33. The molecule has 0 unspecified atom stereocenters. The third-order valence-electron chi connectivity index (χ3n) is 3.05. The van der Waals surface area contributed by atoms with Crippen molar-refractivity contribution >= 4 is 21.9 Å². The number of rotatable bonds is 7. The Bertz CT molecular complexity index is 655. The van der Waals surface area contributed by atoms with Crippen LogP contribution in [-0.2, 0) is 16.1 Å². The Morgan fingerprint density at radius 3 is 2.35 bits per heavy atom. The molecule has 0 radical (unpaired) electrons. The molecule has 2 rings (SSSR count). The average Bonchev–Trinajstić information content (AvgIpc) is 2.59. The highest BCUT2D eigenvalue weighted by Gasteiger charge is 2.09. The van der Waals surface area contributed by atoms with E-state index in [1.807, 2.05) is 12.1 Å². The lowest BCUT2D eigenvalue weighted by molar-refractivity contribution is -0.147. The van der Waals surface area contributed by atoms with Gasteiger partial charge in [0.15, 0.2) is 6.61 Å². The van der Waals surface area contributed by atoms with Gasteiger partial charge in [-0.2, -0.15) is 0 Å². The van der Waals surface area contributed by atoms with E-state index < -0.39 is 5.97 Å². The van der Waals surface area contributed by atoms with Gasteiger partial charge in [-0.3, -0.25) is 0 Å². The number of esters is 1. The predicted octanol–water partition coefficient (Wildman–Crippen LogP) is 3.59. The van der Waals surface area contributed by atoms with Crippen LogP contribution < -0.4 is 14.2 Å². The molecule has 0 aliphatic rings. The number of ether oxygens (including phenoxy) is 4. The van der Waals surface area contributed by atoms with E-state index >= 15 is 0 Å². The summed E-state index contributed by atoms with van der Waals surface area (Å²) in [6.45, 7) is -0.0726. The van der Waals surface area contributed by atoms with Crippen molar-refractivity contribution in [3.05, 3.63) is 52.5 Å². The summed E-state index contributed by atoms with van der Waals surface area (Å²) in [4.78, 5) is 11.8. The molecule has 0 spiro atoms. The van der Waals surface area contributed by atoms with Crippen molar-refractivity contribution in [3.8, 4) is 17.2 Å². The van der Waals surface area contributed by atoms with Gasteiger partial charge >= 0.3 is 5.97 Å². The van der Waals surface area contributed by atoms with E-state index in [-0.39, 0.29) is 13.2 Å². The van der Waals surface area contributed by atoms with Crippen molar-refractivity contribution in [3.63, 3.8) is 0 Å². The fraction of sp³-hybridized carbons (Fsp3) is 0.235. The maximum Gasteiger partial charge on any atom is 0.344 e. The maximum absolute atomic E-state index is 11.8. The molecule has 0 fully saturated rings. The van der Waals surface area contributed by atoms with Crippen LogP contribution >= 0.6 is 15.9 Å². The van der Waals surface area contributed by atoms with Crippen LogP contribution in [0.2, 0.25) is 0 Å². The topological polar surface area (TPSA) is 54.0 Å². The van der Waals surface area contributed by atoms with Crippen molar-refractivity contribution in [2.75, 3.05) is 20.8 Å². The number of carbonyl (C=O) groups is 1. The van der Waals surface area contributed by atoms with Gasteiger partial charge in [0.2, 0.25) is 0 Å². The van der Waals surface area contributed by atoms with Crippen LogP contribution in [0, 0.1) is 0 Å². The van der Waals surface area contributed by atoms with E-state index in [2.05, 4.69) is 15.9 Å². The summed E-state index contributed by atoms with van der Waals surface area (Å²) in [6.07, 6.45) is 0. The number of hydrogen-bond acceptors (Lipinski definition) is 5. The highest BCUT2D eigenvalue weighted by atomic mass is 79.9. The third-order valence-corrected chi connectivity index (χ3v) is 3.58. The lowest BCUT2D eigenvalue weighted by Gasteiger charge is -2.11. The Morgan fingerprint density at radius 2 is 1.70 bits per heavy atom. The van der Waals surface area contributed by atoms with Crippen LogP contribution in [0.15, 0.2) is 46.9 Å². The molecule has 0 heterocycles. The zero-order valence-electron chi connectivity index (χ0n) is 12.9. The molecular formula is C17H17BrO5. The van der Waals surface area contributed by atoms with Crippen molar-refractivity contribution < 1.29 is 23.7 Å². The molecule has 6 heteroatoms. The molecule has 0 aromatic heterocycles. The number of hydrogen-bond donors (Lipinski definition) is 0. The second-order valence-corrected chi connectivity index (χ2v) is 5.50. The minimum absolute atomic E-state index is 0.0862. The van der Waals surface area contributed by atoms with E-state index in [1.165, 1.54) is 0 Å². The Hall–Kier alpha value is -2.21. The van der Waals surface area contributed by atoms with E-state index in [1.54, 1.807) is 44.6 Å². The number of benzene rings is 2. The predicted molar refractivity (Wildman–Crippen MR) is 89.0 cm³/mol. The summed E-state index contributed by atoms with van der Waals surface area (Å²) in [7, 11) is 3.13. The molecule has 0 N–H and O–H groups in total. The van der Waals surface area contributed by atoms with Gasteiger partial charge in [0, 0.05) is 10.0 Å². The SMILES string of the molecule is COc1ccc(OC)c(COC(=O)COc2ccc(Br)cc2)c1. The van der Waals surface area contributed by atoms with Gasteiger partial charge in [-0.15, -0.1) is 0 Å². The van der Waals surface area contributed by atoms with E-state index in [4.69, 9.17) is 18.9 Å². The molecule has 2 aromatic carbocycles. The van der Waals surface area contributed by atoms with E-state index in [0.717, 1.165) is 10.0 Å². The maximum atomic E-state index is 11.8. The van der Waals surface area contributed by atoms with Crippen molar-refractivity contribution in [1.82, 2.24) is 0 Å². The standard InChI is InChI=1S/C17H17BrO5/c1-20-15-7-8-16(21-2)12(9-15)10-23-17(19)11-22-14-5-3-13(18)4-6-14/h3-9H,10-11H2,1-2H3. The molecule has 0 aliphatic heterocycles. The van der Waals surface area contributed by atoms with Gasteiger partial charge in [0.05, 0.1) is 14.2 Å². The quantitative estimate of drug-likeness (QED) is 0.687. The van der Waals surface area contributed by atoms with Crippen LogP contribution in [0.25, 0.3) is 0 Å². The van der Waals surface area contributed by atoms with Gasteiger partial charge in [-0.25, -0.2) is 4.79 Å². The monoisotopic (exact) mass is 380 g/mol. The summed E-state index contributed by atoms with van der Waals surface area (Å²) < 4.78 is 21.9. The Labute approximate surface area is 143 Å². The van der Waals surface area contributed by atoms with Gasteiger partial charge in [0.1, 0.15) is 23.9 Å².